The third-order valence-corrected chi connectivity index (χ3v) is 4.47. The van der Waals surface area contributed by atoms with Crippen LogP contribution >= 0.6 is 0 Å². The van der Waals surface area contributed by atoms with Gasteiger partial charge in [-0.05, 0) is 19.5 Å². The summed E-state index contributed by atoms with van der Waals surface area (Å²) in [6.45, 7) is 5.97. The zero-order valence-corrected chi connectivity index (χ0v) is 14.8. The lowest BCUT2D eigenvalue weighted by atomic mass is 10.0. The normalized spacial score (nSPS) is 17.4. The summed E-state index contributed by atoms with van der Waals surface area (Å²) in [5, 5.41) is 6.79. The highest BCUT2D eigenvalue weighted by atomic mass is 16.5. The van der Waals surface area contributed by atoms with Crippen LogP contribution in [0.25, 0.3) is 0 Å². The minimum atomic E-state index is -0.265. The van der Waals surface area contributed by atoms with E-state index in [0.717, 1.165) is 31.7 Å². The Kier molecular flexibility index (Phi) is 5.78. The lowest BCUT2D eigenvalue weighted by molar-refractivity contribution is -0.127. The molecule has 25 heavy (non-hydrogen) atoms. The fourth-order valence-electron chi connectivity index (χ4n) is 3.07. The van der Waals surface area contributed by atoms with Crippen molar-refractivity contribution in [2.75, 3.05) is 39.8 Å². The summed E-state index contributed by atoms with van der Waals surface area (Å²) in [4.78, 5) is 21.6. The lowest BCUT2D eigenvalue weighted by Crippen LogP contribution is -2.50. The molecule has 2 heterocycles. The van der Waals surface area contributed by atoms with Gasteiger partial charge >= 0.3 is 0 Å². The van der Waals surface area contributed by atoms with Gasteiger partial charge in [0.25, 0.3) is 0 Å². The monoisotopic (exact) mass is 343 g/mol. The molecular formula is C18H25N5O2. The Balaban J connectivity index is 1.64. The molecular weight excluding hydrogens is 318 g/mol. The Morgan fingerprint density at radius 3 is 2.60 bits per heavy atom. The van der Waals surface area contributed by atoms with Crippen LogP contribution in [0.15, 0.2) is 34.9 Å². The van der Waals surface area contributed by atoms with Gasteiger partial charge < -0.3 is 14.7 Å². The van der Waals surface area contributed by atoms with Crippen molar-refractivity contribution in [2.24, 2.45) is 0 Å². The number of aromatic nitrogens is 2. The highest BCUT2D eigenvalue weighted by molar-refractivity contribution is 5.83. The highest BCUT2D eigenvalue weighted by Gasteiger charge is 2.29. The van der Waals surface area contributed by atoms with E-state index in [9.17, 15) is 4.79 Å². The minimum Gasteiger partial charge on any atom is -0.354 e. The van der Waals surface area contributed by atoms with E-state index in [-0.39, 0.29) is 11.9 Å². The molecule has 7 heteroatoms. The molecule has 0 unspecified atom stereocenters. The number of benzene rings is 1. The van der Waals surface area contributed by atoms with Crippen LogP contribution in [0.4, 0.5) is 0 Å². The van der Waals surface area contributed by atoms with E-state index in [1.165, 1.54) is 0 Å². The topological polar surface area (TPSA) is 74.5 Å². The van der Waals surface area contributed by atoms with Crippen LogP contribution < -0.4 is 5.32 Å². The minimum absolute atomic E-state index is 0.0204. The number of aryl methyl sites for hydroxylation is 1. The summed E-state index contributed by atoms with van der Waals surface area (Å²) >= 11 is 0. The highest BCUT2D eigenvalue weighted by Crippen LogP contribution is 2.22. The zero-order valence-electron chi connectivity index (χ0n) is 14.8. The number of nitrogens with zero attached hydrogens (tertiary/aromatic N) is 4. The predicted molar refractivity (Wildman–Crippen MR) is 94.0 cm³/mol. The standard InChI is InChI=1S/C18H25N5O2/c1-14-20-16(25-21-14)8-9-19-18(24)17(15-6-4-3-5-7-15)23-12-10-22(2)11-13-23/h3-7,17H,8-13H2,1-2H3,(H,19,24)/t17-/m0/s1. The maximum Gasteiger partial charge on any atom is 0.241 e. The van der Waals surface area contributed by atoms with Gasteiger partial charge in [-0.15, -0.1) is 0 Å². The molecule has 2 aromatic rings. The van der Waals surface area contributed by atoms with E-state index in [0.29, 0.717) is 24.7 Å². The second kappa shape index (κ2) is 8.22. The van der Waals surface area contributed by atoms with Gasteiger partial charge in [0.15, 0.2) is 5.82 Å². The van der Waals surface area contributed by atoms with Gasteiger partial charge in [-0.3, -0.25) is 9.69 Å². The Labute approximate surface area is 148 Å². The average molecular weight is 343 g/mol. The summed E-state index contributed by atoms with van der Waals surface area (Å²) in [6, 6.07) is 9.70. The van der Waals surface area contributed by atoms with Crippen molar-refractivity contribution < 1.29 is 9.32 Å². The summed E-state index contributed by atoms with van der Waals surface area (Å²) in [5.74, 6) is 1.18. The van der Waals surface area contributed by atoms with Gasteiger partial charge in [-0.1, -0.05) is 35.5 Å². The largest absolute Gasteiger partial charge is 0.354 e. The number of hydrogen-bond acceptors (Lipinski definition) is 6. The van der Waals surface area contributed by atoms with Crippen LogP contribution in [0.5, 0.6) is 0 Å². The molecule has 1 aromatic carbocycles. The second-order valence-corrected chi connectivity index (χ2v) is 6.43. The fourth-order valence-corrected chi connectivity index (χ4v) is 3.07. The number of carbonyl (C=O) groups excluding carboxylic acids is 1. The smallest absolute Gasteiger partial charge is 0.241 e. The molecule has 0 aliphatic carbocycles. The Bertz CT molecular complexity index is 680. The van der Waals surface area contributed by atoms with E-state index < -0.39 is 0 Å². The first-order valence-electron chi connectivity index (χ1n) is 8.68. The third-order valence-electron chi connectivity index (χ3n) is 4.47. The molecule has 7 nitrogen and oxygen atoms in total. The molecule has 1 amide bonds. The van der Waals surface area contributed by atoms with Gasteiger partial charge in [0, 0.05) is 39.1 Å². The van der Waals surface area contributed by atoms with Gasteiger partial charge in [-0.25, -0.2) is 0 Å². The van der Waals surface area contributed by atoms with E-state index in [1.807, 2.05) is 30.3 Å². The zero-order chi connectivity index (χ0) is 17.6. The molecule has 0 saturated carbocycles. The molecule has 134 valence electrons. The maximum atomic E-state index is 12.9. The summed E-state index contributed by atoms with van der Waals surface area (Å²) in [5.41, 5.74) is 1.03. The van der Waals surface area contributed by atoms with Crippen LogP contribution in [-0.4, -0.2) is 65.6 Å². The molecule has 0 spiro atoms. The number of likely N-dealkylation sites (N-methyl/N-ethyl adjacent to an activating group) is 1. The predicted octanol–water partition coefficient (Wildman–Crippen LogP) is 1.03. The summed E-state index contributed by atoms with van der Waals surface area (Å²) < 4.78 is 5.09. The van der Waals surface area contributed by atoms with Crippen LogP contribution in [0.1, 0.15) is 23.3 Å². The van der Waals surface area contributed by atoms with Crippen molar-refractivity contribution in [3.8, 4) is 0 Å². The number of amides is 1. The van der Waals surface area contributed by atoms with Crippen LogP contribution in [-0.2, 0) is 11.2 Å². The maximum absolute atomic E-state index is 12.9. The van der Waals surface area contributed by atoms with Gasteiger partial charge in [0.05, 0.1) is 0 Å². The van der Waals surface area contributed by atoms with Gasteiger partial charge in [-0.2, -0.15) is 4.98 Å². The second-order valence-electron chi connectivity index (χ2n) is 6.43. The van der Waals surface area contributed by atoms with Crippen molar-refractivity contribution in [3.05, 3.63) is 47.6 Å². The molecule has 0 bridgehead atoms. The fraction of sp³-hybridized carbons (Fsp3) is 0.500. The molecule has 1 fully saturated rings. The van der Waals surface area contributed by atoms with Crippen LogP contribution in [0, 0.1) is 6.92 Å². The Morgan fingerprint density at radius 2 is 1.96 bits per heavy atom. The number of hydrogen-bond donors (Lipinski definition) is 1. The van der Waals surface area contributed by atoms with Crippen molar-refractivity contribution in [3.63, 3.8) is 0 Å². The molecule has 0 radical (unpaired) electrons. The number of nitrogens with one attached hydrogen (secondary N) is 1. The van der Waals surface area contributed by atoms with Gasteiger partial charge in [0.1, 0.15) is 6.04 Å². The molecule has 1 atom stereocenters. The molecule has 1 aromatic heterocycles. The first kappa shape index (κ1) is 17.6. The molecule has 1 saturated heterocycles. The summed E-state index contributed by atoms with van der Waals surface area (Å²) in [7, 11) is 2.11. The first-order chi connectivity index (χ1) is 12.1. The number of piperazine rings is 1. The summed E-state index contributed by atoms with van der Waals surface area (Å²) in [6.07, 6.45) is 0.539. The Morgan fingerprint density at radius 1 is 1.24 bits per heavy atom. The van der Waals surface area contributed by atoms with E-state index in [2.05, 4.69) is 32.3 Å². The third kappa shape index (κ3) is 4.64. The molecule has 1 aliphatic heterocycles. The quantitative estimate of drug-likeness (QED) is 0.844. The SMILES string of the molecule is Cc1noc(CCNC(=O)[C@H](c2ccccc2)N2CCN(C)CC2)n1. The van der Waals surface area contributed by atoms with Crippen molar-refractivity contribution in [1.29, 1.82) is 0 Å². The van der Waals surface area contributed by atoms with Crippen molar-refractivity contribution in [2.45, 2.75) is 19.4 Å². The van der Waals surface area contributed by atoms with Crippen LogP contribution in [0.3, 0.4) is 0 Å². The molecule has 3 rings (SSSR count). The average Bonchev–Trinajstić information content (AvgIpc) is 3.03. The first-order valence-corrected chi connectivity index (χ1v) is 8.68. The van der Waals surface area contributed by atoms with E-state index in [1.54, 1.807) is 6.92 Å². The van der Waals surface area contributed by atoms with Crippen molar-refractivity contribution in [1.82, 2.24) is 25.3 Å². The van der Waals surface area contributed by atoms with Crippen LogP contribution in [0.2, 0.25) is 0 Å². The Hall–Kier alpha value is -2.25. The van der Waals surface area contributed by atoms with E-state index in [4.69, 9.17) is 4.52 Å². The number of rotatable bonds is 6. The van der Waals surface area contributed by atoms with E-state index >= 15 is 0 Å². The number of carbonyl (C=O) groups is 1. The molecule has 1 N–H and O–H groups in total. The van der Waals surface area contributed by atoms with Gasteiger partial charge in [0.2, 0.25) is 11.8 Å². The van der Waals surface area contributed by atoms with Crippen molar-refractivity contribution >= 4 is 5.91 Å². The lowest BCUT2D eigenvalue weighted by Gasteiger charge is -2.37. The molecule has 1 aliphatic rings.